The fourth-order valence-electron chi connectivity index (χ4n) is 3.50. The summed E-state index contributed by atoms with van der Waals surface area (Å²) in [6, 6.07) is 0. The molecule has 1 aliphatic rings. The molecule has 5 nitrogen and oxygen atoms in total. The predicted molar refractivity (Wildman–Crippen MR) is 103 cm³/mol. The summed E-state index contributed by atoms with van der Waals surface area (Å²) in [6.45, 7) is 2.13. The number of esters is 1. The van der Waals surface area contributed by atoms with Crippen molar-refractivity contribution < 1.29 is 24.9 Å². The van der Waals surface area contributed by atoms with E-state index >= 15 is 0 Å². The molecule has 0 aromatic heterocycles. The number of hydrogen-bond donors (Lipinski definition) is 3. The number of ether oxygens (including phenoxy) is 1. The van der Waals surface area contributed by atoms with Gasteiger partial charge in [0, 0.05) is 18.8 Å². The maximum absolute atomic E-state index is 11.1. The van der Waals surface area contributed by atoms with Gasteiger partial charge in [0.15, 0.2) is 0 Å². The van der Waals surface area contributed by atoms with Gasteiger partial charge in [0.1, 0.15) is 0 Å². The molecule has 0 bridgehead atoms. The Kier molecular flexibility index (Phi) is 11.5. The van der Waals surface area contributed by atoms with Crippen molar-refractivity contribution in [2.24, 2.45) is 11.8 Å². The Balaban J connectivity index is 2.44. The third kappa shape index (κ3) is 8.47. The topological polar surface area (TPSA) is 87.0 Å². The number of aliphatic hydroxyl groups excluding tert-OH is 3. The molecule has 0 aliphatic heterocycles. The highest BCUT2D eigenvalue weighted by atomic mass is 16.5. The summed E-state index contributed by atoms with van der Waals surface area (Å²) in [5, 5.41) is 30.5. The van der Waals surface area contributed by atoms with Gasteiger partial charge in [-0.25, -0.2) is 0 Å². The van der Waals surface area contributed by atoms with Gasteiger partial charge < -0.3 is 20.1 Å². The van der Waals surface area contributed by atoms with Gasteiger partial charge in [0.05, 0.1) is 25.4 Å². The van der Waals surface area contributed by atoms with Crippen molar-refractivity contribution in [3.05, 3.63) is 24.3 Å². The molecule has 1 fully saturated rings. The minimum atomic E-state index is -0.568. The first kappa shape index (κ1) is 22.9. The molecule has 1 aliphatic carbocycles. The van der Waals surface area contributed by atoms with Gasteiger partial charge in [-0.15, -0.1) is 0 Å². The molecule has 1 saturated carbocycles. The molecule has 150 valence electrons. The van der Waals surface area contributed by atoms with E-state index in [4.69, 9.17) is 0 Å². The van der Waals surface area contributed by atoms with Crippen LogP contribution in [-0.2, 0) is 9.53 Å². The zero-order valence-electron chi connectivity index (χ0n) is 16.2. The highest BCUT2D eigenvalue weighted by Crippen LogP contribution is 2.36. The van der Waals surface area contributed by atoms with Gasteiger partial charge in [0.25, 0.3) is 0 Å². The average molecular weight is 369 g/mol. The molecular weight excluding hydrogens is 332 g/mol. The molecule has 5 heteroatoms. The van der Waals surface area contributed by atoms with Crippen molar-refractivity contribution in [2.75, 3.05) is 7.11 Å². The number of carbonyl (C=O) groups is 1. The molecular formula is C21H36O5. The molecule has 0 aromatic rings. The Hall–Kier alpha value is -1.17. The van der Waals surface area contributed by atoms with Crippen LogP contribution in [-0.4, -0.2) is 46.7 Å². The summed E-state index contributed by atoms with van der Waals surface area (Å²) < 4.78 is 4.60. The number of carbonyl (C=O) groups excluding carboxylic acids is 1. The van der Waals surface area contributed by atoms with Gasteiger partial charge in [-0.1, -0.05) is 50.5 Å². The monoisotopic (exact) mass is 368 g/mol. The number of methoxy groups -OCH3 is 1. The highest BCUT2D eigenvalue weighted by Gasteiger charge is 2.39. The fraction of sp³-hybridized carbons (Fsp3) is 0.762. The van der Waals surface area contributed by atoms with Crippen LogP contribution in [0.2, 0.25) is 0 Å². The van der Waals surface area contributed by atoms with Crippen LogP contribution in [0.25, 0.3) is 0 Å². The number of unbranched alkanes of at least 4 members (excludes halogenated alkanes) is 3. The molecule has 0 saturated heterocycles. The molecule has 0 heterocycles. The normalized spacial score (nSPS) is 27.4. The molecule has 26 heavy (non-hydrogen) atoms. The average Bonchev–Trinajstić information content (AvgIpc) is 2.89. The van der Waals surface area contributed by atoms with Crippen molar-refractivity contribution in [3.63, 3.8) is 0 Å². The summed E-state index contributed by atoms with van der Waals surface area (Å²) in [4.78, 5) is 11.1. The largest absolute Gasteiger partial charge is 0.469 e. The third-order valence-electron chi connectivity index (χ3n) is 5.13. The van der Waals surface area contributed by atoms with Gasteiger partial charge in [-0.2, -0.15) is 0 Å². The third-order valence-corrected chi connectivity index (χ3v) is 5.13. The smallest absolute Gasteiger partial charge is 0.305 e. The molecule has 0 spiro atoms. The van der Waals surface area contributed by atoms with Crippen LogP contribution >= 0.6 is 0 Å². The van der Waals surface area contributed by atoms with E-state index in [1.54, 1.807) is 6.08 Å². The first-order valence-electron chi connectivity index (χ1n) is 9.93. The van der Waals surface area contributed by atoms with Crippen molar-refractivity contribution in [2.45, 2.75) is 83.0 Å². The second-order valence-electron chi connectivity index (χ2n) is 7.24. The van der Waals surface area contributed by atoms with Crippen LogP contribution in [0.5, 0.6) is 0 Å². The standard InChI is InChI=1S/C21H36O5/c1-3-4-7-10-16(22)13-14-18-17(19(23)15-20(18)24)11-8-5-6-9-12-21(25)26-2/h5,8,13-14,16-20,22-24H,3-4,6-7,9-12,15H2,1-2H3/b8-5-,14-13+/t16-,17+,18-,19-,20+/m0/s1. The van der Waals surface area contributed by atoms with Gasteiger partial charge in [-0.3, -0.25) is 4.79 Å². The maximum atomic E-state index is 11.1. The summed E-state index contributed by atoms with van der Waals surface area (Å²) in [6.07, 6.45) is 13.1. The summed E-state index contributed by atoms with van der Waals surface area (Å²) >= 11 is 0. The predicted octanol–water partition coefficient (Wildman–Crippen LogP) is 3.13. The van der Waals surface area contributed by atoms with Gasteiger partial charge >= 0.3 is 5.97 Å². The number of aliphatic hydroxyl groups is 3. The van der Waals surface area contributed by atoms with Crippen molar-refractivity contribution >= 4 is 5.97 Å². The lowest BCUT2D eigenvalue weighted by Gasteiger charge is -2.19. The highest BCUT2D eigenvalue weighted by molar-refractivity contribution is 5.69. The molecule has 0 unspecified atom stereocenters. The van der Waals surface area contributed by atoms with Crippen LogP contribution in [0.4, 0.5) is 0 Å². The van der Waals surface area contributed by atoms with Crippen molar-refractivity contribution in [1.29, 1.82) is 0 Å². The molecule has 3 N–H and O–H groups in total. The summed E-state index contributed by atoms with van der Waals surface area (Å²) in [5.74, 6) is -0.373. The number of rotatable bonds is 12. The van der Waals surface area contributed by atoms with Crippen molar-refractivity contribution in [1.82, 2.24) is 0 Å². The lowest BCUT2D eigenvalue weighted by molar-refractivity contribution is -0.140. The summed E-state index contributed by atoms with van der Waals surface area (Å²) in [7, 11) is 1.39. The van der Waals surface area contributed by atoms with E-state index < -0.39 is 18.3 Å². The molecule has 0 amide bonds. The Morgan fingerprint density at radius 2 is 1.96 bits per heavy atom. The Morgan fingerprint density at radius 3 is 2.65 bits per heavy atom. The van der Waals surface area contributed by atoms with Crippen molar-refractivity contribution in [3.8, 4) is 0 Å². The molecule has 1 rings (SSSR count). The van der Waals surface area contributed by atoms with Crippen LogP contribution in [0.3, 0.4) is 0 Å². The van der Waals surface area contributed by atoms with E-state index in [0.717, 1.165) is 38.5 Å². The second-order valence-corrected chi connectivity index (χ2v) is 7.24. The van der Waals surface area contributed by atoms with E-state index in [1.807, 2.05) is 18.2 Å². The van der Waals surface area contributed by atoms with Crippen LogP contribution in [0, 0.1) is 11.8 Å². The summed E-state index contributed by atoms with van der Waals surface area (Å²) in [5.41, 5.74) is 0. The lowest BCUT2D eigenvalue weighted by atomic mass is 9.89. The van der Waals surface area contributed by atoms with Gasteiger partial charge in [-0.05, 0) is 31.6 Å². The van der Waals surface area contributed by atoms with E-state index in [1.165, 1.54) is 7.11 Å². The van der Waals surface area contributed by atoms with E-state index in [0.29, 0.717) is 19.3 Å². The minimum Gasteiger partial charge on any atom is -0.469 e. The number of hydrogen-bond acceptors (Lipinski definition) is 5. The molecule has 5 atom stereocenters. The van der Waals surface area contributed by atoms with E-state index in [-0.39, 0.29) is 17.8 Å². The Morgan fingerprint density at radius 1 is 1.19 bits per heavy atom. The molecule has 0 aromatic carbocycles. The second kappa shape index (κ2) is 13.1. The SMILES string of the molecule is CCCCC[C@H](O)/C=C/[C@H]1[C@@H](C/C=C\CCCC(=O)OC)[C@@H](O)C[C@H]1O. The fourth-order valence-corrected chi connectivity index (χ4v) is 3.50. The van der Waals surface area contributed by atoms with Gasteiger partial charge in [0.2, 0.25) is 0 Å². The first-order valence-corrected chi connectivity index (χ1v) is 9.93. The maximum Gasteiger partial charge on any atom is 0.305 e. The zero-order chi connectivity index (χ0) is 19.4. The Bertz CT molecular complexity index is 446. The Labute approximate surface area is 157 Å². The quantitative estimate of drug-likeness (QED) is 0.280. The van der Waals surface area contributed by atoms with Crippen LogP contribution in [0.15, 0.2) is 24.3 Å². The molecule has 0 radical (unpaired) electrons. The van der Waals surface area contributed by atoms with Crippen LogP contribution in [0.1, 0.15) is 64.7 Å². The van der Waals surface area contributed by atoms with E-state index in [9.17, 15) is 20.1 Å². The minimum absolute atomic E-state index is 0.0408. The van der Waals surface area contributed by atoms with E-state index in [2.05, 4.69) is 11.7 Å². The van der Waals surface area contributed by atoms with Crippen LogP contribution < -0.4 is 0 Å². The zero-order valence-corrected chi connectivity index (χ0v) is 16.2. The lowest BCUT2D eigenvalue weighted by Crippen LogP contribution is -2.20. The number of allylic oxidation sites excluding steroid dienone is 2. The first-order chi connectivity index (χ1) is 12.5.